The van der Waals surface area contributed by atoms with Crippen molar-refractivity contribution in [3.8, 4) is 17.2 Å². The number of nitrogens with one attached hydrogen (secondary N) is 1. The highest BCUT2D eigenvalue weighted by atomic mass is 16.6. The highest BCUT2D eigenvalue weighted by Crippen LogP contribution is 2.35. The molecule has 4 rings (SSSR count). The van der Waals surface area contributed by atoms with Gasteiger partial charge < -0.3 is 14.6 Å². The van der Waals surface area contributed by atoms with E-state index in [1.807, 2.05) is 30.3 Å². The number of hydrazone groups is 1. The van der Waals surface area contributed by atoms with Crippen LogP contribution in [0.3, 0.4) is 0 Å². The number of phenolic OH excluding ortho intramolecular Hbond substituents is 1. The van der Waals surface area contributed by atoms with Crippen LogP contribution >= 0.6 is 0 Å². The molecule has 1 aliphatic rings. The van der Waals surface area contributed by atoms with Crippen molar-refractivity contribution >= 4 is 28.6 Å². The fourth-order valence-electron chi connectivity index (χ4n) is 2.93. The van der Waals surface area contributed by atoms with Crippen molar-refractivity contribution in [2.75, 3.05) is 6.61 Å². The first-order valence-electron chi connectivity index (χ1n) is 8.64. The summed E-state index contributed by atoms with van der Waals surface area (Å²) in [7, 11) is 0. The molecule has 9 nitrogen and oxygen atoms in total. The molecule has 0 aromatic heterocycles. The van der Waals surface area contributed by atoms with Gasteiger partial charge in [-0.25, -0.2) is 5.43 Å². The molecule has 1 unspecified atom stereocenters. The number of fused-ring (bicyclic) bond motifs is 2. The first kappa shape index (κ1) is 18.2. The van der Waals surface area contributed by atoms with Gasteiger partial charge in [-0.2, -0.15) is 5.10 Å². The first-order valence-corrected chi connectivity index (χ1v) is 8.64. The van der Waals surface area contributed by atoms with Crippen LogP contribution in [-0.4, -0.2) is 34.9 Å². The Kier molecular flexibility index (Phi) is 4.70. The maximum Gasteiger partial charge on any atom is 0.284 e. The average Bonchev–Trinajstić information content (AvgIpc) is 2.71. The van der Waals surface area contributed by atoms with E-state index in [0.717, 1.165) is 23.1 Å². The molecule has 0 spiro atoms. The fraction of sp³-hybridized carbons (Fsp3) is 0.100. The van der Waals surface area contributed by atoms with Gasteiger partial charge in [0.15, 0.2) is 11.5 Å². The maximum atomic E-state index is 12.3. The number of carbonyl (C=O) groups excluding carboxylic acids is 1. The number of ether oxygens (including phenoxy) is 2. The SMILES string of the molecule is O=C(NN=Cc1cc(O)ccc1[N+](=O)[O-])C1COc2cc3ccccc3cc2O1. The summed E-state index contributed by atoms with van der Waals surface area (Å²) in [4.78, 5) is 22.8. The first-order chi connectivity index (χ1) is 14.0. The van der Waals surface area contributed by atoms with Crippen LogP contribution < -0.4 is 14.9 Å². The summed E-state index contributed by atoms with van der Waals surface area (Å²) in [6, 6.07) is 14.9. The molecule has 0 aliphatic carbocycles. The summed E-state index contributed by atoms with van der Waals surface area (Å²) >= 11 is 0. The van der Waals surface area contributed by atoms with Crippen molar-refractivity contribution in [1.82, 2.24) is 5.43 Å². The van der Waals surface area contributed by atoms with Crippen molar-refractivity contribution in [2.45, 2.75) is 6.10 Å². The predicted octanol–water partition coefficient (Wildman–Crippen LogP) is 2.74. The lowest BCUT2D eigenvalue weighted by Gasteiger charge is -2.25. The minimum atomic E-state index is -0.931. The van der Waals surface area contributed by atoms with Crippen molar-refractivity contribution in [3.63, 3.8) is 0 Å². The predicted molar refractivity (Wildman–Crippen MR) is 104 cm³/mol. The molecular formula is C20H15N3O6. The lowest BCUT2D eigenvalue weighted by Crippen LogP contribution is -2.42. The molecule has 0 saturated carbocycles. The van der Waals surface area contributed by atoms with E-state index in [1.54, 1.807) is 6.07 Å². The molecule has 0 fully saturated rings. The highest BCUT2D eigenvalue weighted by molar-refractivity contribution is 5.89. The lowest BCUT2D eigenvalue weighted by molar-refractivity contribution is -0.385. The van der Waals surface area contributed by atoms with Crippen LogP contribution in [0.1, 0.15) is 5.56 Å². The topological polar surface area (TPSA) is 123 Å². The number of carbonyl (C=O) groups is 1. The molecule has 0 radical (unpaired) electrons. The van der Waals surface area contributed by atoms with Gasteiger partial charge in [-0.15, -0.1) is 0 Å². The summed E-state index contributed by atoms with van der Waals surface area (Å²) in [6.45, 7) is -0.00103. The molecule has 0 bridgehead atoms. The summed E-state index contributed by atoms with van der Waals surface area (Å²) in [5.41, 5.74) is 2.07. The maximum absolute atomic E-state index is 12.3. The van der Waals surface area contributed by atoms with Gasteiger partial charge in [-0.3, -0.25) is 14.9 Å². The van der Waals surface area contributed by atoms with Crippen molar-refractivity contribution in [3.05, 3.63) is 70.3 Å². The number of rotatable bonds is 4. The molecule has 3 aromatic carbocycles. The van der Waals surface area contributed by atoms with E-state index in [2.05, 4.69) is 10.5 Å². The Morgan fingerprint density at radius 3 is 2.62 bits per heavy atom. The Hall–Kier alpha value is -4.14. The second kappa shape index (κ2) is 7.47. The van der Waals surface area contributed by atoms with Crippen LogP contribution in [0, 0.1) is 10.1 Å². The number of amides is 1. The van der Waals surface area contributed by atoms with Crippen LogP contribution in [0.2, 0.25) is 0 Å². The van der Waals surface area contributed by atoms with Gasteiger partial charge in [0.2, 0.25) is 6.10 Å². The second-order valence-electron chi connectivity index (χ2n) is 6.30. The van der Waals surface area contributed by atoms with Gasteiger partial charge in [-0.1, -0.05) is 24.3 Å². The molecule has 0 saturated heterocycles. The van der Waals surface area contributed by atoms with Gasteiger partial charge in [0.1, 0.15) is 12.4 Å². The summed E-state index contributed by atoms with van der Waals surface area (Å²) in [5.74, 6) is 0.272. The van der Waals surface area contributed by atoms with Gasteiger partial charge >= 0.3 is 0 Å². The zero-order chi connectivity index (χ0) is 20.4. The van der Waals surface area contributed by atoms with E-state index in [0.29, 0.717) is 11.5 Å². The third-order valence-electron chi connectivity index (χ3n) is 4.35. The van der Waals surface area contributed by atoms with Crippen LogP contribution in [0.4, 0.5) is 5.69 Å². The quantitative estimate of drug-likeness (QED) is 0.399. The summed E-state index contributed by atoms with van der Waals surface area (Å²) in [5, 5.41) is 26.2. The molecule has 2 N–H and O–H groups in total. The Morgan fingerprint density at radius 1 is 1.17 bits per heavy atom. The van der Waals surface area contributed by atoms with E-state index in [9.17, 15) is 20.0 Å². The number of aromatic hydroxyl groups is 1. The fourth-order valence-corrected chi connectivity index (χ4v) is 2.93. The minimum Gasteiger partial charge on any atom is -0.508 e. The van der Waals surface area contributed by atoms with Gasteiger partial charge in [0.05, 0.1) is 16.7 Å². The molecule has 1 atom stereocenters. The molecule has 1 aliphatic heterocycles. The van der Waals surface area contributed by atoms with Crippen LogP contribution in [0.15, 0.2) is 59.7 Å². The zero-order valence-corrected chi connectivity index (χ0v) is 14.9. The van der Waals surface area contributed by atoms with E-state index >= 15 is 0 Å². The average molecular weight is 393 g/mol. The van der Waals surface area contributed by atoms with Gasteiger partial charge in [0, 0.05) is 6.07 Å². The number of hydrogen-bond acceptors (Lipinski definition) is 7. The summed E-state index contributed by atoms with van der Waals surface area (Å²) in [6.07, 6.45) is 0.154. The monoisotopic (exact) mass is 393 g/mol. The largest absolute Gasteiger partial charge is 0.508 e. The normalized spacial score (nSPS) is 15.4. The number of phenols is 1. The molecular weight excluding hydrogens is 378 g/mol. The molecule has 1 amide bonds. The summed E-state index contributed by atoms with van der Waals surface area (Å²) < 4.78 is 11.4. The van der Waals surface area contributed by atoms with Crippen molar-refractivity contribution in [2.24, 2.45) is 5.10 Å². The van der Waals surface area contributed by atoms with E-state index in [1.165, 1.54) is 12.1 Å². The van der Waals surface area contributed by atoms with Crippen molar-refractivity contribution in [1.29, 1.82) is 0 Å². The molecule has 9 heteroatoms. The standard InChI is InChI=1S/C20H15N3O6/c24-15-5-6-16(23(26)27)14(7-15)10-21-22-20(25)19-11-28-17-8-12-3-1-2-4-13(12)9-18(17)29-19/h1-10,19,24H,11H2,(H,22,25). The molecule has 1 heterocycles. The van der Waals surface area contributed by atoms with E-state index in [-0.39, 0.29) is 23.6 Å². The van der Waals surface area contributed by atoms with Crippen LogP contribution in [0.5, 0.6) is 17.2 Å². The smallest absolute Gasteiger partial charge is 0.284 e. The van der Waals surface area contributed by atoms with E-state index < -0.39 is 16.9 Å². The Balaban J connectivity index is 1.46. The minimum absolute atomic E-state index is 0.00103. The third-order valence-corrected chi connectivity index (χ3v) is 4.35. The Labute approximate surface area is 164 Å². The number of nitrogens with zero attached hydrogens (tertiary/aromatic N) is 2. The molecule has 3 aromatic rings. The zero-order valence-electron chi connectivity index (χ0n) is 14.9. The number of hydrogen-bond donors (Lipinski definition) is 2. The van der Waals surface area contributed by atoms with E-state index in [4.69, 9.17) is 9.47 Å². The number of benzene rings is 3. The van der Waals surface area contributed by atoms with Crippen molar-refractivity contribution < 1.29 is 24.3 Å². The molecule has 29 heavy (non-hydrogen) atoms. The molecule has 146 valence electrons. The Bertz CT molecular complexity index is 1140. The van der Waals surface area contributed by atoms with Gasteiger partial charge in [0.25, 0.3) is 11.6 Å². The third kappa shape index (κ3) is 3.79. The highest BCUT2D eigenvalue weighted by Gasteiger charge is 2.27. The van der Waals surface area contributed by atoms with Gasteiger partial charge in [-0.05, 0) is 35.0 Å². The second-order valence-corrected chi connectivity index (χ2v) is 6.30. The van der Waals surface area contributed by atoms with Crippen LogP contribution in [-0.2, 0) is 4.79 Å². The Morgan fingerprint density at radius 2 is 1.90 bits per heavy atom. The number of nitro benzene ring substituents is 1. The number of nitro groups is 1. The van der Waals surface area contributed by atoms with Crippen LogP contribution in [0.25, 0.3) is 10.8 Å². The lowest BCUT2D eigenvalue weighted by atomic mass is 10.1.